The lowest BCUT2D eigenvalue weighted by Crippen LogP contribution is -1.80. The smallest absolute Gasteiger partial charge is 0.118 e. The van der Waals surface area contributed by atoms with Crippen LogP contribution in [0.25, 0.3) is 0 Å². The quantitative estimate of drug-likeness (QED) is 0.443. The number of hydrogen-bond donors (Lipinski definition) is 0. The number of hydrogen-bond acceptors (Lipinski definition) is 0. The van der Waals surface area contributed by atoms with Crippen LogP contribution in [0.3, 0.4) is 0 Å². The molecule has 0 saturated heterocycles. The maximum Gasteiger partial charge on any atom is 0.316 e. The van der Waals surface area contributed by atoms with Crippen LogP contribution < -0.4 is 0 Å². The third-order valence-corrected chi connectivity index (χ3v) is 1.51. The van der Waals surface area contributed by atoms with Crippen LogP contribution in [-0.2, 0) is 0 Å². The van der Waals surface area contributed by atoms with Crippen LogP contribution in [0.4, 0.5) is 0 Å². The largest absolute Gasteiger partial charge is 0.316 e. The maximum absolute atomic E-state index is 5.80. The van der Waals surface area contributed by atoms with Crippen molar-refractivity contribution in [2.24, 2.45) is 0 Å². The molecule has 0 nitrogen and oxygen atoms in total. The second kappa shape index (κ2) is 5.00. The zero-order valence-electron chi connectivity index (χ0n) is 5.34. The first-order valence-corrected chi connectivity index (χ1v) is 3.43. The number of rotatable bonds is 1. The minimum Gasteiger partial charge on any atom is -0.118 e. The molecular weight excluding hydrogens is 156 g/mol. The van der Waals surface area contributed by atoms with Gasteiger partial charge in [-0.05, 0) is 12.5 Å². The first-order chi connectivity index (χ1) is 4.30. The summed E-state index contributed by atoms with van der Waals surface area (Å²) in [7, 11) is 0. The maximum atomic E-state index is 5.80. The first kappa shape index (κ1) is 10.3. The van der Waals surface area contributed by atoms with E-state index in [-0.39, 0.29) is 28.4 Å². The molecule has 1 unspecified atom stereocenters. The van der Waals surface area contributed by atoms with Gasteiger partial charge < -0.3 is 0 Å². The summed E-state index contributed by atoms with van der Waals surface area (Å²) in [5.41, 5.74) is 1.18. The summed E-state index contributed by atoms with van der Waals surface area (Å²) in [5, 5.41) is 0.131. The van der Waals surface area contributed by atoms with Crippen LogP contribution in [0, 0.1) is 0 Å². The van der Waals surface area contributed by atoms with Crippen molar-refractivity contribution in [3.8, 4) is 0 Å². The molecule has 0 amide bonds. The van der Waals surface area contributed by atoms with Crippen LogP contribution in [0.2, 0.25) is 0 Å². The molecule has 10 heavy (non-hydrogen) atoms. The summed E-state index contributed by atoms with van der Waals surface area (Å²) in [4.78, 5) is 0. The lowest BCUT2D eigenvalue weighted by molar-refractivity contribution is 1.08. The zero-order chi connectivity index (χ0) is 6.69. The Kier molecular flexibility index (Phi) is 5.14. The Morgan fingerprint density at radius 1 is 1.20 bits per heavy atom. The van der Waals surface area contributed by atoms with E-state index in [0.29, 0.717) is 0 Å². The molecule has 2 heteroatoms. The molecule has 0 aromatic heterocycles. The van der Waals surface area contributed by atoms with Gasteiger partial charge in [-0.15, -0.1) is 11.6 Å². The van der Waals surface area contributed by atoms with Gasteiger partial charge in [-0.2, -0.15) is 0 Å². The lowest BCUT2D eigenvalue weighted by atomic mass is 10.2. The van der Waals surface area contributed by atoms with Crippen LogP contribution in [-0.4, -0.2) is 23.1 Å². The fourth-order valence-electron chi connectivity index (χ4n) is 0.718. The second-order valence-electron chi connectivity index (χ2n) is 2.03. The van der Waals surface area contributed by atoms with Crippen LogP contribution in [0.15, 0.2) is 30.3 Å². The summed E-state index contributed by atoms with van der Waals surface area (Å²) < 4.78 is 0. The van der Waals surface area contributed by atoms with E-state index < -0.39 is 0 Å². The summed E-state index contributed by atoms with van der Waals surface area (Å²) in [6, 6.07) is 10.0. The summed E-state index contributed by atoms with van der Waals surface area (Å²) in [5.74, 6) is 0. The molecule has 0 heterocycles. The standard InChI is InChI=1S/C8H9Cl.Mg.2H/c1-7(9)8-5-3-2-4-6-8;;;/h2-7H,1H3;;;. The minimum absolute atomic E-state index is 0. The van der Waals surface area contributed by atoms with E-state index in [0.717, 1.165) is 0 Å². The molecule has 0 radical (unpaired) electrons. The van der Waals surface area contributed by atoms with Gasteiger partial charge in [0.05, 0.1) is 5.38 Å². The van der Waals surface area contributed by atoms with Gasteiger partial charge in [-0.3, -0.25) is 0 Å². The van der Waals surface area contributed by atoms with Crippen molar-refractivity contribution < 1.29 is 0 Å². The van der Waals surface area contributed by atoms with Gasteiger partial charge in [-0.1, -0.05) is 30.3 Å². The highest BCUT2D eigenvalue weighted by Gasteiger charge is 1.95. The number of benzene rings is 1. The molecule has 0 N–H and O–H groups in total. The Morgan fingerprint density at radius 2 is 1.70 bits per heavy atom. The Balaban J connectivity index is 0.000000810. The molecule has 0 spiro atoms. The summed E-state index contributed by atoms with van der Waals surface area (Å²) in [6.45, 7) is 1.97. The highest BCUT2D eigenvalue weighted by atomic mass is 35.5. The van der Waals surface area contributed by atoms with E-state index in [4.69, 9.17) is 11.6 Å². The minimum atomic E-state index is 0. The lowest BCUT2D eigenvalue weighted by Gasteiger charge is -1.99. The molecule has 1 aromatic carbocycles. The van der Waals surface area contributed by atoms with Crippen molar-refractivity contribution in [1.82, 2.24) is 0 Å². The second-order valence-corrected chi connectivity index (χ2v) is 2.68. The van der Waals surface area contributed by atoms with Crippen LogP contribution in [0.1, 0.15) is 17.9 Å². The van der Waals surface area contributed by atoms with Crippen LogP contribution in [0.5, 0.6) is 0 Å². The van der Waals surface area contributed by atoms with E-state index in [2.05, 4.69) is 0 Å². The average Bonchev–Trinajstić information content (AvgIpc) is 1.90. The van der Waals surface area contributed by atoms with E-state index in [1.54, 1.807) is 0 Å². The molecule has 1 atom stereocenters. The van der Waals surface area contributed by atoms with Crippen molar-refractivity contribution in [2.45, 2.75) is 12.3 Å². The van der Waals surface area contributed by atoms with Gasteiger partial charge in [0.25, 0.3) is 0 Å². The first-order valence-electron chi connectivity index (χ1n) is 2.99. The van der Waals surface area contributed by atoms with Crippen LogP contribution >= 0.6 is 11.6 Å². The van der Waals surface area contributed by atoms with E-state index in [1.807, 2.05) is 37.3 Å². The molecule has 1 aromatic rings. The summed E-state index contributed by atoms with van der Waals surface area (Å²) >= 11 is 5.80. The SMILES string of the molecule is CC(Cl)c1ccccc1.[MgH2]. The molecule has 0 aliphatic carbocycles. The Bertz CT molecular complexity index is 172. The Morgan fingerprint density at radius 3 is 2.00 bits per heavy atom. The van der Waals surface area contributed by atoms with Gasteiger partial charge in [0.2, 0.25) is 0 Å². The molecule has 0 aliphatic rings. The average molecular weight is 167 g/mol. The van der Waals surface area contributed by atoms with E-state index in [9.17, 15) is 0 Å². The molecule has 52 valence electrons. The highest BCUT2D eigenvalue weighted by molar-refractivity contribution is 6.20. The van der Waals surface area contributed by atoms with Crippen molar-refractivity contribution in [3.63, 3.8) is 0 Å². The van der Waals surface area contributed by atoms with Gasteiger partial charge in [0.15, 0.2) is 0 Å². The fourth-order valence-corrected chi connectivity index (χ4v) is 0.864. The summed E-state index contributed by atoms with van der Waals surface area (Å²) in [6.07, 6.45) is 0. The normalized spacial score (nSPS) is 11.8. The zero-order valence-corrected chi connectivity index (χ0v) is 6.10. The molecule has 0 aliphatic heterocycles. The van der Waals surface area contributed by atoms with Gasteiger partial charge in [0.1, 0.15) is 0 Å². The predicted octanol–water partition coefficient (Wildman–Crippen LogP) is 2.07. The Labute approximate surface area is 82.7 Å². The van der Waals surface area contributed by atoms with Gasteiger partial charge in [-0.25, -0.2) is 0 Å². The molecule has 0 saturated carbocycles. The molecule has 0 fully saturated rings. The fraction of sp³-hybridized carbons (Fsp3) is 0.250. The van der Waals surface area contributed by atoms with E-state index in [1.165, 1.54) is 5.56 Å². The molecular formula is C8H11ClMg. The van der Waals surface area contributed by atoms with Crippen molar-refractivity contribution in [3.05, 3.63) is 35.9 Å². The highest BCUT2D eigenvalue weighted by Crippen LogP contribution is 2.17. The molecule has 1 rings (SSSR count). The van der Waals surface area contributed by atoms with Gasteiger partial charge >= 0.3 is 23.1 Å². The van der Waals surface area contributed by atoms with Crippen molar-refractivity contribution in [2.75, 3.05) is 0 Å². The third kappa shape index (κ3) is 2.91. The third-order valence-electron chi connectivity index (χ3n) is 1.26. The number of halogens is 1. The topological polar surface area (TPSA) is 0 Å². The number of alkyl halides is 1. The monoisotopic (exact) mass is 166 g/mol. The molecule has 0 bridgehead atoms. The van der Waals surface area contributed by atoms with Crippen molar-refractivity contribution >= 4 is 34.7 Å². The van der Waals surface area contributed by atoms with Crippen molar-refractivity contribution in [1.29, 1.82) is 0 Å². The predicted molar refractivity (Wildman–Crippen MR) is 49.3 cm³/mol. The van der Waals surface area contributed by atoms with E-state index >= 15 is 0 Å². The van der Waals surface area contributed by atoms with Gasteiger partial charge in [0, 0.05) is 0 Å². The Hall–Kier alpha value is 0.276.